The van der Waals surface area contributed by atoms with Crippen LogP contribution in [0.15, 0.2) is 261 Å². The van der Waals surface area contributed by atoms with Gasteiger partial charge in [0, 0.05) is 16.5 Å². The third-order valence-electron chi connectivity index (χ3n) is 18.1. The van der Waals surface area contributed by atoms with Gasteiger partial charge in [0.2, 0.25) is 0 Å². The third kappa shape index (κ3) is 5.58. The fourth-order valence-corrected chi connectivity index (χ4v) is 15.2. The molecule has 0 aliphatic heterocycles. The van der Waals surface area contributed by atoms with Gasteiger partial charge in [-0.1, -0.05) is 223 Å². The van der Waals surface area contributed by atoms with Gasteiger partial charge in [-0.2, -0.15) is 0 Å². The highest BCUT2D eigenvalue weighted by atomic mass is 15.0. The molecule has 13 aromatic rings. The van der Waals surface area contributed by atoms with Crippen LogP contribution in [0.1, 0.15) is 55.6 Å². The molecule has 0 saturated carbocycles. The van der Waals surface area contributed by atoms with E-state index in [4.69, 9.17) is 0 Å². The molecule has 77 heavy (non-hydrogen) atoms. The molecule has 1 heteroatoms. The summed E-state index contributed by atoms with van der Waals surface area (Å²) >= 11 is 0. The molecule has 0 unspecified atom stereocenters. The first kappa shape index (κ1) is 42.8. The predicted molar refractivity (Wildman–Crippen MR) is 319 cm³/mol. The normalized spacial score (nSPS) is 14.1. The molecule has 0 bridgehead atoms. The van der Waals surface area contributed by atoms with Gasteiger partial charge in [0.05, 0.1) is 21.9 Å². The molecule has 1 nitrogen and oxygen atoms in total. The maximum Gasteiger partial charge on any atom is 0.0725 e. The van der Waals surface area contributed by atoms with E-state index in [9.17, 15) is 0 Å². The Bertz CT molecular complexity index is 4310. The second-order valence-corrected chi connectivity index (χ2v) is 22.0. The summed E-state index contributed by atoms with van der Waals surface area (Å²) in [6.45, 7) is 4.37. The minimum Gasteiger partial charge on any atom is -0.309 e. The largest absolute Gasteiger partial charge is 0.309 e. The molecule has 17 rings (SSSR count). The lowest BCUT2D eigenvalue weighted by Gasteiger charge is -2.30. The van der Waals surface area contributed by atoms with E-state index in [1.807, 2.05) is 0 Å². The van der Waals surface area contributed by atoms with Gasteiger partial charge in [-0.25, -0.2) is 0 Å². The number of nitrogens with zero attached hydrogens (tertiary/aromatic N) is 1. The van der Waals surface area contributed by atoms with Crippen LogP contribution in [-0.2, 0) is 10.8 Å². The van der Waals surface area contributed by atoms with Crippen molar-refractivity contribution in [2.45, 2.75) is 24.7 Å². The van der Waals surface area contributed by atoms with Gasteiger partial charge in [-0.15, -0.1) is 0 Å². The minimum atomic E-state index is -0.411. The maximum atomic E-state index is 2.52. The molecule has 4 aliphatic carbocycles. The smallest absolute Gasteiger partial charge is 0.0725 e. The van der Waals surface area contributed by atoms with Crippen LogP contribution in [0.3, 0.4) is 0 Å². The van der Waals surface area contributed by atoms with Crippen molar-refractivity contribution in [1.29, 1.82) is 0 Å². The summed E-state index contributed by atoms with van der Waals surface area (Å²) in [5.41, 5.74) is 34.0. The quantitative estimate of drug-likeness (QED) is 0.166. The van der Waals surface area contributed by atoms with E-state index in [1.165, 1.54) is 155 Å². The number of hydrogen-bond donors (Lipinski definition) is 0. The molecule has 1 heterocycles. The highest BCUT2D eigenvalue weighted by molar-refractivity contribution is 6.12. The van der Waals surface area contributed by atoms with E-state index in [0.29, 0.717) is 0 Å². The average molecular weight is 976 g/mol. The third-order valence-corrected chi connectivity index (χ3v) is 18.1. The Balaban J connectivity index is 0.870. The SMILES string of the molecule is Cc1cc(C)cc(-c2ccc(-n3c4ccc(-c5ccc6c(c5)C5(c7ccccc7-c7ccccc75)c5ccccc5-6)cc4c4cc(-c5ccc6c(c5)C5(c7ccccc7-c7ccccc75)c5ccccc5-6)ccc43)cc2)c1. The molecule has 4 aliphatic rings. The van der Waals surface area contributed by atoms with Crippen molar-refractivity contribution < 1.29 is 0 Å². The average Bonchev–Trinajstić information content (AvgIpc) is 4.44. The summed E-state index contributed by atoms with van der Waals surface area (Å²) in [6, 6.07) is 99.5. The molecule has 12 aromatic carbocycles. The van der Waals surface area contributed by atoms with Gasteiger partial charge in [-0.05, 0) is 185 Å². The standard InChI is InChI=1S/C76H49N/c1-46-39-47(2)41-53(40-46)48-27-33-54(34-28-48)77-73-37-31-49(51-29-35-61-59-19-7-13-25-69(59)75(71(61)44-51)65-21-9-3-15-55(65)56-16-4-10-22-66(56)75)42-63(73)64-43-50(32-38-74(64)77)52-30-36-62-60-20-8-14-26-70(60)76(72(62)45-52)67-23-11-5-17-57(67)58-18-6-12-24-68(58)76/h3-45H,1-2H3. The van der Waals surface area contributed by atoms with Gasteiger partial charge in [0.25, 0.3) is 0 Å². The van der Waals surface area contributed by atoms with Crippen molar-refractivity contribution in [2.75, 3.05) is 0 Å². The Morgan fingerprint density at radius 2 is 0.532 bits per heavy atom. The number of aromatic nitrogens is 1. The Labute approximate surface area is 448 Å². The molecule has 358 valence electrons. The van der Waals surface area contributed by atoms with Crippen molar-refractivity contribution in [2.24, 2.45) is 0 Å². The molecule has 0 saturated heterocycles. The van der Waals surface area contributed by atoms with E-state index in [0.717, 1.165) is 5.69 Å². The van der Waals surface area contributed by atoms with Gasteiger partial charge >= 0.3 is 0 Å². The van der Waals surface area contributed by atoms with Crippen molar-refractivity contribution in [3.63, 3.8) is 0 Å². The second kappa shape index (κ2) is 15.5. The van der Waals surface area contributed by atoms with E-state index in [2.05, 4.69) is 279 Å². The van der Waals surface area contributed by atoms with Crippen molar-refractivity contribution >= 4 is 21.8 Å². The zero-order valence-corrected chi connectivity index (χ0v) is 42.8. The zero-order chi connectivity index (χ0) is 50.7. The number of benzene rings is 12. The van der Waals surface area contributed by atoms with Gasteiger partial charge in [0.1, 0.15) is 0 Å². The van der Waals surface area contributed by atoms with E-state index < -0.39 is 10.8 Å². The minimum absolute atomic E-state index is 0.411. The van der Waals surface area contributed by atoms with Crippen molar-refractivity contribution in [3.8, 4) is 83.6 Å². The second-order valence-electron chi connectivity index (χ2n) is 22.0. The molecule has 1 aromatic heterocycles. The Morgan fingerprint density at radius 1 is 0.234 bits per heavy atom. The summed E-state index contributed by atoms with van der Waals surface area (Å²) in [7, 11) is 0. The van der Waals surface area contributed by atoms with Crippen LogP contribution in [0.25, 0.3) is 105 Å². The summed E-state index contributed by atoms with van der Waals surface area (Å²) in [6.07, 6.45) is 0. The van der Waals surface area contributed by atoms with Crippen LogP contribution in [0.5, 0.6) is 0 Å². The summed E-state index contributed by atoms with van der Waals surface area (Å²) in [5.74, 6) is 0. The summed E-state index contributed by atoms with van der Waals surface area (Å²) in [4.78, 5) is 0. The fraction of sp³-hybridized carbons (Fsp3) is 0.0526. The van der Waals surface area contributed by atoms with Crippen LogP contribution in [-0.4, -0.2) is 4.57 Å². The first-order valence-corrected chi connectivity index (χ1v) is 27.1. The van der Waals surface area contributed by atoms with Crippen LogP contribution in [0.2, 0.25) is 0 Å². The lowest BCUT2D eigenvalue weighted by molar-refractivity contribution is 0.794. The molecule has 0 fully saturated rings. The summed E-state index contributed by atoms with van der Waals surface area (Å²) < 4.78 is 2.48. The molecule has 2 spiro atoms. The van der Waals surface area contributed by atoms with E-state index >= 15 is 0 Å². The highest BCUT2D eigenvalue weighted by Crippen LogP contribution is 2.65. The van der Waals surface area contributed by atoms with Crippen molar-refractivity contribution in [1.82, 2.24) is 4.57 Å². The maximum absolute atomic E-state index is 2.52. The van der Waals surface area contributed by atoms with E-state index in [1.54, 1.807) is 0 Å². The highest BCUT2D eigenvalue weighted by Gasteiger charge is 2.53. The number of rotatable bonds is 4. The zero-order valence-electron chi connectivity index (χ0n) is 42.8. The molecule has 0 amide bonds. The molecular formula is C76H49N. The Hall–Kier alpha value is -9.56. The lowest BCUT2D eigenvalue weighted by Crippen LogP contribution is -2.25. The molecule has 0 atom stereocenters. The van der Waals surface area contributed by atoms with Crippen LogP contribution in [0.4, 0.5) is 0 Å². The number of fused-ring (bicyclic) bond motifs is 23. The van der Waals surface area contributed by atoms with Gasteiger partial charge in [0.15, 0.2) is 0 Å². The lowest BCUT2D eigenvalue weighted by atomic mass is 9.70. The molecule has 0 radical (unpaired) electrons. The van der Waals surface area contributed by atoms with Crippen LogP contribution < -0.4 is 0 Å². The number of aryl methyl sites for hydroxylation is 2. The fourth-order valence-electron chi connectivity index (χ4n) is 15.2. The molecular weight excluding hydrogens is 927 g/mol. The van der Waals surface area contributed by atoms with Crippen molar-refractivity contribution in [3.05, 3.63) is 316 Å². The van der Waals surface area contributed by atoms with E-state index in [-0.39, 0.29) is 0 Å². The Kier molecular flexibility index (Phi) is 8.61. The molecule has 0 N–H and O–H groups in total. The Morgan fingerprint density at radius 3 is 0.896 bits per heavy atom. The summed E-state index contributed by atoms with van der Waals surface area (Å²) in [5, 5.41) is 2.47. The predicted octanol–water partition coefficient (Wildman–Crippen LogP) is 19.1. The van der Waals surface area contributed by atoms with Gasteiger partial charge < -0.3 is 4.57 Å². The number of hydrogen-bond acceptors (Lipinski definition) is 0. The first-order chi connectivity index (χ1) is 38.0. The first-order valence-electron chi connectivity index (χ1n) is 27.1. The topological polar surface area (TPSA) is 4.93 Å². The van der Waals surface area contributed by atoms with Gasteiger partial charge in [-0.3, -0.25) is 0 Å². The monoisotopic (exact) mass is 975 g/mol. The van der Waals surface area contributed by atoms with Crippen LogP contribution >= 0.6 is 0 Å². The van der Waals surface area contributed by atoms with Crippen LogP contribution in [0, 0.1) is 13.8 Å².